The number of amides is 1. The van der Waals surface area contributed by atoms with Gasteiger partial charge in [0.1, 0.15) is 11.8 Å². The molecular formula is C17H25NO3. The van der Waals surface area contributed by atoms with E-state index in [0.29, 0.717) is 5.76 Å². The van der Waals surface area contributed by atoms with Crippen molar-refractivity contribution in [2.75, 3.05) is 6.61 Å². The molecule has 0 bridgehead atoms. The Kier molecular flexibility index (Phi) is 4.63. The maximum absolute atomic E-state index is 12.5. The summed E-state index contributed by atoms with van der Waals surface area (Å²) in [4.78, 5) is 12.5. The fourth-order valence-corrected chi connectivity index (χ4v) is 4.10. The normalized spacial score (nSPS) is 30.4. The summed E-state index contributed by atoms with van der Waals surface area (Å²) >= 11 is 0. The zero-order chi connectivity index (χ0) is 14.7. The third-order valence-electron chi connectivity index (χ3n) is 5.30. The number of nitrogens with one attached hydrogen (secondary N) is 1. The maximum Gasteiger partial charge on any atom is 0.223 e. The van der Waals surface area contributed by atoms with Crippen LogP contribution in [0.4, 0.5) is 0 Å². The second kappa shape index (κ2) is 6.65. The number of aliphatic hydroxyl groups excluding tert-OH is 1. The predicted octanol–water partition coefficient (Wildman–Crippen LogP) is 3.04. The summed E-state index contributed by atoms with van der Waals surface area (Å²) in [5, 5.41) is 12.4. The third-order valence-corrected chi connectivity index (χ3v) is 5.30. The van der Waals surface area contributed by atoms with Crippen LogP contribution in [0.25, 0.3) is 0 Å². The summed E-state index contributed by atoms with van der Waals surface area (Å²) in [6.07, 6.45) is 10.1. The van der Waals surface area contributed by atoms with Crippen LogP contribution in [-0.4, -0.2) is 17.6 Å². The minimum Gasteiger partial charge on any atom is -0.467 e. The monoisotopic (exact) mass is 291 g/mol. The molecule has 0 radical (unpaired) electrons. The summed E-state index contributed by atoms with van der Waals surface area (Å²) in [5.41, 5.74) is 0. The van der Waals surface area contributed by atoms with Crippen LogP contribution >= 0.6 is 0 Å². The summed E-state index contributed by atoms with van der Waals surface area (Å²) in [6, 6.07) is 3.15. The van der Waals surface area contributed by atoms with Gasteiger partial charge in [0.2, 0.25) is 5.91 Å². The highest BCUT2D eigenvalue weighted by atomic mass is 16.3. The minimum atomic E-state index is -0.420. The summed E-state index contributed by atoms with van der Waals surface area (Å²) in [7, 11) is 0. The molecule has 4 unspecified atom stereocenters. The van der Waals surface area contributed by atoms with Gasteiger partial charge in [-0.25, -0.2) is 0 Å². The van der Waals surface area contributed by atoms with Crippen LogP contribution in [0.15, 0.2) is 22.8 Å². The third kappa shape index (κ3) is 3.31. The van der Waals surface area contributed by atoms with Gasteiger partial charge in [0.05, 0.1) is 12.9 Å². The molecule has 0 saturated heterocycles. The molecule has 1 aromatic rings. The first-order valence-electron chi connectivity index (χ1n) is 8.22. The number of furan rings is 1. The van der Waals surface area contributed by atoms with E-state index < -0.39 is 6.04 Å². The van der Waals surface area contributed by atoms with Crippen molar-refractivity contribution in [3.8, 4) is 0 Å². The van der Waals surface area contributed by atoms with Crippen LogP contribution in [0.2, 0.25) is 0 Å². The zero-order valence-electron chi connectivity index (χ0n) is 12.5. The van der Waals surface area contributed by atoms with Gasteiger partial charge in [0, 0.05) is 5.92 Å². The molecule has 1 amide bonds. The summed E-state index contributed by atoms with van der Waals surface area (Å²) < 4.78 is 5.29. The Morgan fingerprint density at radius 1 is 1.29 bits per heavy atom. The average molecular weight is 291 g/mol. The molecule has 116 valence electrons. The summed E-state index contributed by atoms with van der Waals surface area (Å²) in [5.74, 6) is 2.39. The Hall–Kier alpha value is -1.29. The quantitative estimate of drug-likeness (QED) is 0.896. The van der Waals surface area contributed by atoms with E-state index in [1.165, 1.54) is 32.1 Å². The van der Waals surface area contributed by atoms with Gasteiger partial charge in [-0.3, -0.25) is 4.79 Å². The molecule has 4 nitrogen and oxygen atoms in total. The smallest absolute Gasteiger partial charge is 0.223 e. The predicted molar refractivity (Wildman–Crippen MR) is 79.5 cm³/mol. The molecule has 0 aromatic carbocycles. The van der Waals surface area contributed by atoms with Gasteiger partial charge in [0.25, 0.3) is 0 Å². The van der Waals surface area contributed by atoms with Gasteiger partial charge >= 0.3 is 0 Å². The second-order valence-corrected chi connectivity index (χ2v) is 6.57. The number of hydrogen-bond donors (Lipinski definition) is 2. The Balaban J connectivity index is 1.57. The topological polar surface area (TPSA) is 62.5 Å². The highest BCUT2D eigenvalue weighted by Gasteiger charge is 2.35. The van der Waals surface area contributed by atoms with Crippen molar-refractivity contribution in [2.24, 2.45) is 17.8 Å². The SMILES string of the molecule is O=C(NC(CO)c1ccco1)C1CCC2CCCCC2C1. The van der Waals surface area contributed by atoms with E-state index in [0.717, 1.165) is 24.7 Å². The van der Waals surface area contributed by atoms with Crippen molar-refractivity contribution in [1.29, 1.82) is 0 Å². The minimum absolute atomic E-state index is 0.0782. The van der Waals surface area contributed by atoms with Crippen molar-refractivity contribution in [3.05, 3.63) is 24.2 Å². The van der Waals surface area contributed by atoms with E-state index in [9.17, 15) is 9.90 Å². The Morgan fingerprint density at radius 2 is 2.10 bits per heavy atom. The first kappa shape index (κ1) is 14.6. The van der Waals surface area contributed by atoms with Crippen molar-refractivity contribution >= 4 is 5.91 Å². The molecule has 2 saturated carbocycles. The molecule has 4 atom stereocenters. The van der Waals surface area contributed by atoms with Gasteiger partial charge in [-0.1, -0.05) is 25.7 Å². The number of carbonyl (C=O) groups is 1. The van der Waals surface area contributed by atoms with Gasteiger partial charge < -0.3 is 14.8 Å². The van der Waals surface area contributed by atoms with E-state index in [4.69, 9.17) is 4.42 Å². The van der Waals surface area contributed by atoms with Crippen LogP contribution in [0, 0.1) is 17.8 Å². The lowest BCUT2D eigenvalue weighted by Gasteiger charge is -2.39. The first-order chi connectivity index (χ1) is 10.3. The van der Waals surface area contributed by atoms with Crippen LogP contribution in [0.1, 0.15) is 56.7 Å². The second-order valence-electron chi connectivity index (χ2n) is 6.57. The zero-order valence-corrected chi connectivity index (χ0v) is 12.5. The van der Waals surface area contributed by atoms with Gasteiger partial charge in [-0.05, 0) is 43.2 Å². The Labute approximate surface area is 125 Å². The van der Waals surface area contributed by atoms with Gasteiger partial charge in [-0.15, -0.1) is 0 Å². The largest absolute Gasteiger partial charge is 0.467 e. The fourth-order valence-electron chi connectivity index (χ4n) is 4.10. The lowest BCUT2D eigenvalue weighted by molar-refractivity contribution is -0.128. The molecule has 1 aromatic heterocycles. The standard InChI is InChI=1S/C17H25NO3/c19-11-15(16-6-3-9-21-16)18-17(20)14-8-7-12-4-1-2-5-13(12)10-14/h3,6,9,12-15,19H,1-2,4-5,7-8,10-11H2,(H,18,20). The van der Waals surface area contributed by atoms with Crippen molar-refractivity contribution in [1.82, 2.24) is 5.32 Å². The summed E-state index contributed by atoms with van der Waals surface area (Å²) in [6.45, 7) is -0.127. The molecule has 21 heavy (non-hydrogen) atoms. The molecule has 1 heterocycles. The van der Waals surface area contributed by atoms with Gasteiger partial charge in [0.15, 0.2) is 0 Å². The number of rotatable bonds is 4. The number of aliphatic hydroxyl groups is 1. The maximum atomic E-state index is 12.5. The van der Waals surface area contributed by atoms with Crippen LogP contribution in [-0.2, 0) is 4.79 Å². The first-order valence-corrected chi connectivity index (χ1v) is 8.22. The number of hydrogen-bond acceptors (Lipinski definition) is 3. The van der Waals surface area contributed by atoms with Crippen LogP contribution in [0.5, 0.6) is 0 Å². The number of fused-ring (bicyclic) bond motifs is 1. The molecule has 2 fully saturated rings. The van der Waals surface area contributed by atoms with E-state index in [-0.39, 0.29) is 18.4 Å². The molecule has 0 aliphatic heterocycles. The van der Waals surface area contributed by atoms with Crippen molar-refractivity contribution in [3.63, 3.8) is 0 Å². The lowest BCUT2D eigenvalue weighted by Crippen LogP contribution is -2.39. The van der Waals surface area contributed by atoms with Gasteiger partial charge in [-0.2, -0.15) is 0 Å². The van der Waals surface area contributed by atoms with Crippen LogP contribution < -0.4 is 5.32 Å². The Morgan fingerprint density at radius 3 is 2.81 bits per heavy atom. The van der Waals surface area contributed by atoms with E-state index in [2.05, 4.69) is 5.32 Å². The number of carbonyl (C=O) groups excluding carboxylic acids is 1. The van der Waals surface area contributed by atoms with E-state index in [1.807, 2.05) is 0 Å². The molecule has 0 spiro atoms. The molecule has 3 rings (SSSR count). The Bertz CT molecular complexity index is 457. The molecule has 2 aliphatic carbocycles. The molecular weight excluding hydrogens is 266 g/mol. The molecule has 4 heteroatoms. The van der Waals surface area contributed by atoms with Crippen molar-refractivity contribution < 1.29 is 14.3 Å². The van der Waals surface area contributed by atoms with E-state index in [1.54, 1.807) is 18.4 Å². The van der Waals surface area contributed by atoms with Crippen molar-refractivity contribution in [2.45, 2.75) is 51.0 Å². The van der Waals surface area contributed by atoms with Crippen LogP contribution in [0.3, 0.4) is 0 Å². The average Bonchev–Trinajstić information content (AvgIpc) is 3.06. The lowest BCUT2D eigenvalue weighted by atomic mass is 9.67. The fraction of sp³-hybridized carbons (Fsp3) is 0.706. The highest BCUT2D eigenvalue weighted by Crippen LogP contribution is 2.42. The molecule has 2 N–H and O–H groups in total. The molecule has 2 aliphatic rings. The van der Waals surface area contributed by atoms with E-state index >= 15 is 0 Å². The highest BCUT2D eigenvalue weighted by molar-refractivity contribution is 5.79.